The van der Waals surface area contributed by atoms with Crippen LogP contribution in [-0.4, -0.2) is 17.3 Å². The van der Waals surface area contributed by atoms with Crippen LogP contribution >= 0.6 is 15.9 Å². The number of nitrogens with one attached hydrogen (secondary N) is 1. The van der Waals surface area contributed by atoms with Crippen LogP contribution in [0.3, 0.4) is 0 Å². The van der Waals surface area contributed by atoms with Crippen molar-refractivity contribution >= 4 is 27.5 Å². The van der Waals surface area contributed by atoms with Crippen molar-refractivity contribution < 1.29 is 18.3 Å². The first kappa shape index (κ1) is 13.9. The molecule has 94 valence electrons. The van der Waals surface area contributed by atoms with E-state index >= 15 is 0 Å². The molecular weight excluding hydrogens is 296 g/mol. The van der Waals surface area contributed by atoms with Crippen molar-refractivity contribution in [3.05, 3.63) is 24.3 Å². The SMILES string of the molecule is CCC(Br)C(=O)Nc1cccc(OC(F)F)c1. The number of hydrogen-bond donors (Lipinski definition) is 1. The van der Waals surface area contributed by atoms with Gasteiger partial charge >= 0.3 is 6.61 Å². The molecule has 1 N–H and O–H groups in total. The van der Waals surface area contributed by atoms with Gasteiger partial charge in [0.25, 0.3) is 0 Å². The second kappa shape index (κ2) is 6.54. The van der Waals surface area contributed by atoms with Gasteiger partial charge in [0.1, 0.15) is 5.75 Å². The summed E-state index contributed by atoms with van der Waals surface area (Å²) in [6.07, 6.45) is 0.638. The van der Waals surface area contributed by atoms with E-state index in [0.717, 1.165) is 0 Å². The Balaban J connectivity index is 2.68. The molecule has 0 radical (unpaired) electrons. The lowest BCUT2D eigenvalue weighted by Crippen LogP contribution is -2.21. The fraction of sp³-hybridized carbons (Fsp3) is 0.364. The molecule has 0 heterocycles. The molecule has 0 fully saturated rings. The summed E-state index contributed by atoms with van der Waals surface area (Å²) < 4.78 is 28.2. The molecule has 1 unspecified atom stereocenters. The molecule has 0 aliphatic carbocycles. The van der Waals surface area contributed by atoms with E-state index < -0.39 is 6.61 Å². The van der Waals surface area contributed by atoms with Crippen LogP contribution in [0.2, 0.25) is 0 Å². The van der Waals surface area contributed by atoms with Gasteiger partial charge in [0.15, 0.2) is 0 Å². The van der Waals surface area contributed by atoms with Gasteiger partial charge in [0, 0.05) is 11.8 Å². The predicted molar refractivity (Wildman–Crippen MR) is 64.7 cm³/mol. The van der Waals surface area contributed by atoms with Gasteiger partial charge in [-0.15, -0.1) is 0 Å². The Labute approximate surface area is 106 Å². The zero-order valence-electron chi connectivity index (χ0n) is 9.12. The van der Waals surface area contributed by atoms with Gasteiger partial charge in [0.05, 0.1) is 4.83 Å². The highest BCUT2D eigenvalue weighted by molar-refractivity contribution is 9.10. The van der Waals surface area contributed by atoms with Gasteiger partial charge in [-0.25, -0.2) is 0 Å². The van der Waals surface area contributed by atoms with Crippen molar-refractivity contribution in [1.82, 2.24) is 0 Å². The summed E-state index contributed by atoms with van der Waals surface area (Å²) in [7, 11) is 0. The lowest BCUT2D eigenvalue weighted by atomic mass is 10.2. The lowest BCUT2D eigenvalue weighted by Gasteiger charge is -2.10. The number of benzene rings is 1. The van der Waals surface area contributed by atoms with Crippen molar-refractivity contribution in [2.75, 3.05) is 5.32 Å². The first-order valence-corrected chi connectivity index (χ1v) is 5.94. The number of rotatable bonds is 5. The normalized spacial score (nSPS) is 12.3. The van der Waals surface area contributed by atoms with Crippen molar-refractivity contribution in [2.24, 2.45) is 0 Å². The van der Waals surface area contributed by atoms with E-state index in [2.05, 4.69) is 26.0 Å². The van der Waals surface area contributed by atoms with Gasteiger partial charge in [-0.3, -0.25) is 4.79 Å². The summed E-state index contributed by atoms with van der Waals surface area (Å²) >= 11 is 3.20. The van der Waals surface area contributed by atoms with Gasteiger partial charge in [-0.2, -0.15) is 8.78 Å². The third kappa shape index (κ3) is 4.68. The van der Waals surface area contributed by atoms with Gasteiger partial charge < -0.3 is 10.1 Å². The predicted octanol–water partition coefficient (Wildman–Crippen LogP) is 3.40. The summed E-state index contributed by atoms with van der Waals surface area (Å²) in [5.74, 6) is -0.206. The van der Waals surface area contributed by atoms with E-state index in [1.165, 1.54) is 18.2 Å². The number of alkyl halides is 3. The van der Waals surface area contributed by atoms with E-state index in [4.69, 9.17) is 0 Å². The highest BCUT2D eigenvalue weighted by atomic mass is 79.9. The maximum atomic E-state index is 12.0. The minimum atomic E-state index is -2.87. The fourth-order valence-electron chi connectivity index (χ4n) is 1.16. The highest BCUT2D eigenvalue weighted by Crippen LogP contribution is 2.20. The molecule has 1 aromatic carbocycles. The molecule has 0 aromatic heterocycles. The zero-order valence-corrected chi connectivity index (χ0v) is 10.7. The molecular formula is C11H12BrF2NO2. The van der Waals surface area contributed by atoms with Crippen LogP contribution in [0.5, 0.6) is 5.75 Å². The number of carbonyl (C=O) groups is 1. The molecule has 0 saturated heterocycles. The van der Waals surface area contributed by atoms with Crippen molar-refractivity contribution in [3.63, 3.8) is 0 Å². The molecule has 0 bridgehead atoms. The maximum Gasteiger partial charge on any atom is 0.387 e. The summed E-state index contributed by atoms with van der Waals surface area (Å²) in [6, 6.07) is 5.88. The smallest absolute Gasteiger partial charge is 0.387 e. The Kier molecular flexibility index (Phi) is 5.34. The Morgan fingerprint density at radius 3 is 2.82 bits per heavy atom. The molecule has 1 aromatic rings. The Morgan fingerprint density at radius 1 is 1.53 bits per heavy atom. The first-order valence-electron chi connectivity index (χ1n) is 5.02. The third-order valence-electron chi connectivity index (χ3n) is 1.97. The van der Waals surface area contributed by atoms with E-state index in [9.17, 15) is 13.6 Å². The third-order valence-corrected chi connectivity index (χ3v) is 3.03. The number of ether oxygens (including phenoxy) is 1. The van der Waals surface area contributed by atoms with Crippen LogP contribution in [0.15, 0.2) is 24.3 Å². The average molecular weight is 308 g/mol. The summed E-state index contributed by atoms with van der Waals surface area (Å²) in [5.41, 5.74) is 0.422. The summed E-state index contributed by atoms with van der Waals surface area (Å²) in [6.45, 7) is -1.02. The lowest BCUT2D eigenvalue weighted by molar-refractivity contribution is -0.115. The molecule has 1 amide bonds. The number of amides is 1. The number of carbonyl (C=O) groups excluding carboxylic acids is 1. The topological polar surface area (TPSA) is 38.3 Å². The molecule has 0 spiro atoms. The second-order valence-corrected chi connectivity index (χ2v) is 4.38. The van der Waals surface area contributed by atoms with E-state index in [-0.39, 0.29) is 16.5 Å². The molecule has 0 aliphatic heterocycles. The maximum absolute atomic E-state index is 12.0. The number of halogens is 3. The monoisotopic (exact) mass is 307 g/mol. The quantitative estimate of drug-likeness (QED) is 0.847. The minimum Gasteiger partial charge on any atom is -0.435 e. The second-order valence-electron chi connectivity index (χ2n) is 3.27. The first-order chi connectivity index (χ1) is 8.02. The largest absolute Gasteiger partial charge is 0.435 e. The van der Waals surface area contributed by atoms with Crippen LogP contribution < -0.4 is 10.1 Å². The van der Waals surface area contributed by atoms with Crippen LogP contribution in [-0.2, 0) is 4.79 Å². The average Bonchev–Trinajstić information content (AvgIpc) is 2.27. The molecule has 1 rings (SSSR count). The highest BCUT2D eigenvalue weighted by Gasteiger charge is 2.12. The van der Waals surface area contributed by atoms with Gasteiger partial charge in [0.2, 0.25) is 5.91 Å². The van der Waals surface area contributed by atoms with Gasteiger partial charge in [-0.1, -0.05) is 28.9 Å². The van der Waals surface area contributed by atoms with Crippen LogP contribution in [0.1, 0.15) is 13.3 Å². The number of hydrogen-bond acceptors (Lipinski definition) is 2. The molecule has 1 atom stereocenters. The number of anilines is 1. The summed E-state index contributed by atoms with van der Waals surface area (Å²) in [4.78, 5) is 11.2. The van der Waals surface area contributed by atoms with Crippen molar-refractivity contribution in [2.45, 2.75) is 24.8 Å². The Morgan fingerprint density at radius 2 is 2.24 bits per heavy atom. The molecule has 6 heteroatoms. The minimum absolute atomic E-state index is 0.0143. The van der Waals surface area contributed by atoms with Gasteiger partial charge in [-0.05, 0) is 18.6 Å². The molecule has 17 heavy (non-hydrogen) atoms. The molecule has 3 nitrogen and oxygen atoms in total. The molecule has 0 aliphatic rings. The van der Waals surface area contributed by atoms with E-state index in [1.807, 2.05) is 6.92 Å². The van der Waals surface area contributed by atoms with Crippen molar-refractivity contribution in [1.29, 1.82) is 0 Å². The van der Waals surface area contributed by atoms with E-state index in [0.29, 0.717) is 12.1 Å². The fourth-order valence-corrected chi connectivity index (χ4v) is 1.27. The molecule has 0 saturated carbocycles. The van der Waals surface area contributed by atoms with E-state index in [1.54, 1.807) is 6.07 Å². The van der Waals surface area contributed by atoms with Crippen LogP contribution in [0.4, 0.5) is 14.5 Å². The Bertz CT molecular complexity index is 387. The summed E-state index contributed by atoms with van der Waals surface area (Å²) in [5, 5.41) is 2.60. The van der Waals surface area contributed by atoms with Crippen LogP contribution in [0.25, 0.3) is 0 Å². The van der Waals surface area contributed by atoms with Crippen LogP contribution in [0, 0.1) is 0 Å². The standard InChI is InChI=1S/C11H12BrF2NO2/c1-2-9(12)10(16)15-7-4-3-5-8(6-7)17-11(13)14/h3-6,9,11H,2H2,1H3,(H,15,16). The zero-order chi connectivity index (χ0) is 12.8. The Hall–Kier alpha value is -1.17. The van der Waals surface area contributed by atoms with Crippen molar-refractivity contribution in [3.8, 4) is 5.75 Å².